The third-order valence-electron chi connectivity index (χ3n) is 4.68. The van der Waals surface area contributed by atoms with E-state index in [0.717, 1.165) is 5.69 Å². The Hall–Kier alpha value is -4.42. The van der Waals surface area contributed by atoms with Crippen LogP contribution in [0.15, 0.2) is 30.5 Å². The molecule has 1 amide bonds. The van der Waals surface area contributed by atoms with Crippen LogP contribution in [-0.4, -0.2) is 61.1 Å². The molecule has 12 nitrogen and oxygen atoms in total. The van der Waals surface area contributed by atoms with Crippen LogP contribution < -0.4 is 16.0 Å². The number of nitrogen functional groups attached to an aromatic ring is 1. The lowest BCUT2D eigenvalue weighted by Gasteiger charge is -2.19. The van der Waals surface area contributed by atoms with Crippen LogP contribution in [0.4, 0.5) is 15.9 Å². The molecule has 1 aromatic carbocycles. The fourth-order valence-corrected chi connectivity index (χ4v) is 2.98. The minimum Gasteiger partial charge on any atom is -0.481 e. The number of nitrogens with one attached hydrogen (secondary N) is 1. The Kier molecular flexibility index (Phi) is 6.91. The molecule has 0 aliphatic heterocycles. The Morgan fingerprint density at radius 2 is 1.85 bits per heavy atom. The number of carboxylic acids is 2. The van der Waals surface area contributed by atoms with Gasteiger partial charge in [-0.25, -0.2) is 14.8 Å². The van der Waals surface area contributed by atoms with Gasteiger partial charge in [0, 0.05) is 24.7 Å². The van der Waals surface area contributed by atoms with Gasteiger partial charge in [0.25, 0.3) is 5.91 Å². The SMILES string of the molecule is CN(Cc1cnc2nc(F)nc(N)c2n1)c1ccc(C(=O)N[C@@H](CCC(=O)O)C(=O)O)cc1. The summed E-state index contributed by atoms with van der Waals surface area (Å²) in [6, 6.07) is 5.02. The van der Waals surface area contributed by atoms with Crippen LogP contribution in [0.2, 0.25) is 0 Å². The summed E-state index contributed by atoms with van der Waals surface area (Å²) in [4.78, 5) is 51.4. The number of amides is 1. The van der Waals surface area contributed by atoms with Crippen molar-refractivity contribution in [1.29, 1.82) is 0 Å². The number of carbonyl (C=O) groups excluding carboxylic acids is 1. The van der Waals surface area contributed by atoms with E-state index >= 15 is 0 Å². The van der Waals surface area contributed by atoms with E-state index in [9.17, 15) is 23.9 Å². The van der Waals surface area contributed by atoms with Gasteiger partial charge in [0.1, 0.15) is 6.04 Å². The summed E-state index contributed by atoms with van der Waals surface area (Å²) >= 11 is 0. The fourth-order valence-electron chi connectivity index (χ4n) is 2.98. The second-order valence-electron chi connectivity index (χ2n) is 7.11. The summed E-state index contributed by atoms with van der Waals surface area (Å²) < 4.78 is 13.2. The lowest BCUT2D eigenvalue weighted by atomic mass is 10.1. The molecule has 3 rings (SSSR count). The summed E-state index contributed by atoms with van der Waals surface area (Å²) in [6.07, 6.45) is -0.160. The van der Waals surface area contributed by atoms with Crippen molar-refractivity contribution in [2.75, 3.05) is 17.7 Å². The van der Waals surface area contributed by atoms with Crippen molar-refractivity contribution in [3.63, 3.8) is 0 Å². The molecule has 1 atom stereocenters. The van der Waals surface area contributed by atoms with Crippen molar-refractivity contribution < 1.29 is 29.0 Å². The maximum atomic E-state index is 13.2. The quantitative estimate of drug-likeness (QED) is 0.334. The van der Waals surface area contributed by atoms with Crippen molar-refractivity contribution >= 4 is 40.5 Å². The predicted molar refractivity (Wildman–Crippen MR) is 114 cm³/mol. The fraction of sp³-hybridized carbons (Fsp3) is 0.250. The summed E-state index contributed by atoms with van der Waals surface area (Å²) in [5.74, 6) is -3.22. The average molecular weight is 457 g/mol. The van der Waals surface area contributed by atoms with Crippen LogP contribution in [0.1, 0.15) is 28.9 Å². The molecule has 0 saturated heterocycles. The molecule has 0 radical (unpaired) electrons. The maximum absolute atomic E-state index is 13.2. The number of fused-ring (bicyclic) bond motifs is 1. The maximum Gasteiger partial charge on any atom is 0.326 e. The number of nitrogens with zero attached hydrogens (tertiary/aromatic N) is 5. The van der Waals surface area contributed by atoms with E-state index in [1.165, 1.54) is 18.3 Å². The molecule has 172 valence electrons. The van der Waals surface area contributed by atoms with E-state index in [-0.39, 0.29) is 35.4 Å². The second kappa shape index (κ2) is 9.80. The molecule has 0 saturated carbocycles. The van der Waals surface area contributed by atoms with Gasteiger partial charge in [-0.1, -0.05) is 0 Å². The minimum atomic E-state index is -1.31. The molecule has 2 heterocycles. The molecule has 0 spiro atoms. The minimum absolute atomic E-state index is 0.0461. The molecule has 0 aliphatic carbocycles. The smallest absolute Gasteiger partial charge is 0.326 e. The first kappa shape index (κ1) is 23.2. The van der Waals surface area contributed by atoms with Gasteiger partial charge in [0.2, 0.25) is 0 Å². The van der Waals surface area contributed by atoms with Gasteiger partial charge in [-0.15, -0.1) is 0 Å². The summed E-state index contributed by atoms with van der Waals surface area (Å²) in [5.41, 5.74) is 7.38. The topological polar surface area (TPSA) is 185 Å². The number of rotatable bonds is 9. The van der Waals surface area contributed by atoms with E-state index in [1.807, 2.05) is 4.90 Å². The van der Waals surface area contributed by atoms with E-state index < -0.39 is 30.0 Å². The number of hydrogen-bond acceptors (Lipinski definition) is 9. The average Bonchev–Trinajstić information content (AvgIpc) is 2.76. The predicted octanol–water partition coefficient (Wildman–Crippen LogP) is 0.825. The monoisotopic (exact) mass is 457 g/mol. The van der Waals surface area contributed by atoms with Gasteiger partial charge in [0.15, 0.2) is 17.0 Å². The molecule has 0 fully saturated rings. The number of aliphatic carboxylic acids is 2. The molecule has 5 N–H and O–H groups in total. The molecule has 13 heteroatoms. The van der Waals surface area contributed by atoms with Gasteiger partial charge in [-0.2, -0.15) is 14.4 Å². The van der Waals surface area contributed by atoms with Gasteiger partial charge < -0.3 is 26.2 Å². The largest absolute Gasteiger partial charge is 0.481 e. The molecule has 0 unspecified atom stereocenters. The molecular formula is C20H20FN7O5. The van der Waals surface area contributed by atoms with Crippen LogP contribution in [0, 0.1) is 6.08 Å². The Balaban J connectivity index is 1.67. The van der Waals surface area contributed by atoms with Crippen molar-refractivity contribution in [1.82, 2.24) is 25.3 Å². The standard InChI is InChI=1S/C20H20FN7O5/c1-28(9-11-8-23-17-15(24-11)16(22)26-20(21)27-17)12-4-2-10(3-5-12)18(31)25-13(19(32)33)6-7-14(29)30/h2-5,8,13H,6-7,9H2,1H3,(H,25,31)(H,29,30)(H,32,33)(H2,22,23,26,27)/t13-/m0/s1. The second-order valence-corrected chi connectivity index (χ2v) is 7.11. The third-order valence-corrected chi connectivity index (χ3v) is 4.68. The Labute approximate surface area is 186 Å². The van der Waals surface area contributed by atoms with E-state index in [1.54, 1.807) is 19.2 Å². The number of halogens is 1. The zero-order valence-corrected chi connectivity index (χ0v) is 17.4. The van der Waals surface area contributed by atoms with E-state index in [2.05, 4.69) is 25.3 Å². The van der Waals surface area contributed by atoms with Crippen molar-refractivity contribution in [3.05, 3.63) is 47.8 Å². The highest BCUT2D eigenvalue weighted by Gasteiger charge is 2.21. The first-order valence-electron chi connectivity index (χ1n) is 9.65. The zero-order valence-electron chi connectivity index (χ0n) is 17.4. The van der Waals surface area contributed by atoms with Crippen LogP contribution in [0.25, 0.3) is 11.2 Å². The number of aromatic nitrogens is 4. The normalized spacial score (nSPS) is 11.7. The number of anilines is 2. The van der Waals surface area contributed by atoms with Gasteiger partial charge in [0.05, 0.1) is 18.4 Å². The Morgan fingerprint density at radius 1 is 1.15 bits per heavy atom. The summed E-state index contributed by atoms with van der Waals surface area (Å²) in [7, 11) is 1.78. The van der Waals surface area contributed by atoms with Crippen LogP contribution in [0.3, 0.4) is 0 Å². The summed E-state index contributed by atoms with van der Waals surface area (Å²) in [5, 5.41) is 20.2. The van der Waals surface area contributed by atoms with Crippen molar-refractivity contribution in [3.8, 4) is 0 Å². The number of carbonyl (C=O) groups is 3. The zero-order chi connectivity index (χ0) is 24.1. The van der Waals surface area contributed by atoms with Crippen LogP contribution in [-0.2, 0) is 16.1 Å². The highest BCUT2D eigenvalue weighted by molar-refractivity contribution is 5.97. The lowest BCUT2D eigenvalue weighted by molar-refractivity contribution is -0.140. The van der Waals surface area contributed by atoms with E-state index in [0.29, 0.717) is 12.2 Å². The van der Waals surface area contributed by atoms with Gasteiger partial charge in [-0.05, 0) is 30.7 Å². The van der Waals surface area contributed by atoms with Gasteiger partial charge in [-0.3, -0.25) is 9.59 Å². The first-order chi connectivity index (χ1) is 15.6. The summed E-state index contributed by atoms with van der Waals surface area (Å²) in [6.45, 7) is 0.307. The van der Waals surface area contributed by atoms with Crippen LogP contribution in [0.5, 0.6) is 0 Å². The van der Waals surface area contributed by atoms with Crippen molar-refractivity contribution in [2.45, 2.75) is 25.4 Å². The van der Waals surface area contributed by atoms with Crippen molar-refractivity contribution in [2.24, 2.45) is 0 Å². The molecule has 0 bridgehead atoms. The molecule has 3 aromatic rings. The Bertz CT molecular complexity index is 1210. The lowest BCUT2D eigenvalue weighted by Crippen LogP contribution is -2.41. The highest BCUT2D eigenvalue weighted by atomic mass is 19.1. The molecule has 0 aliphatic rings. The number of benzene rings is 1. The Morgan fingerprint density at radius 3 is 2.48 bits per heavy atom. The van der Waals surface area contributed by atoms with E-state index in [4.69, 9.17) is 10.8 Å². The molecule has 2 aromatic heterocycles. The number of carboxylic acid groups (broad SMARTS) is 2. The highest BCUT2D eigenvalue weighted by Crippen LogP contribution is 2.18. The molecular weight excluding hydrogens is 437 g/mol. The van der Waals surface area contributed by atoms with Gasteiger partial charge >= 0.3 is 18.0 Å². The van der Waals surface area contributed by atoms with Crippen LogP contribution >= 0.6 is 0 Å². The molecule has 33 heavy (non-hydrogen) atoms. The number of nitrogens with two attached hydrogens (primary N) is 1. The number of hydrogen-bond donors (Lipinski definition) is 4. The first-order valence-corrected chi connectivity index (χ1v) is 9.65. The third kappa shape index (κ3) is 5.84.